The lowest BCUT2D eigenvalue weighted by Crippen LogP contribution is -2.32. The Morgan fingerprint density at radius 2 is 1.24 bits per heavy atom. The minimum Gasteiger partial charge on any atom is -0.422 e. The van der Waals surface area contributed by atoms with Gasteiger partial charge in [0, 0.05) is 6.20 Å². The van der Waals surface area contributed by atoms with Crippen molar-refractivity contribution in [1.29, 1.82) is 0 Å². The average Bonchev–Trinajstić information content (AvgIpc) is 2.56. The van der Waals surface area contributed by atoms with Crippen LogP contribution < -0.4 is 5.59 Å². The molecule has 2 N–H and O–H groups in total. The molecule has 1 aromatic heterocycles. The van der Waals surface area contributed by atoms with E-state index in [9.17, 15) is 10.0 Å². The maximum Gasteiger partial charge on any atom is 0.508 e. The number of hydrogen-bond donors (Lipinski definition) is 2. The van der Waals surface area contributed by atoms with Gasteiger partial charge < -0.3 is 10.0 Å². The summed E-state index contributed by atoms with van der Waals surface area (Å²) in [6.07, 6.45) is 1.58. The van der Waals surface area contributed by atoms with E-state index in [0.29, 0.717) is 0 Å². The van der Waals surface area contributed by atoms with Crippen LogP contribution in [0.25, 0.3) is 22.3 Å². The highest BCUT2D eigenvalue weighted by Crippen LogP contribution is 2.23. The Labute approximate surface area is 123 Å². The van der Waals surface area contributed by atoms with Crippen molar-refractivity contribution in [1.82, 2.24) is 4.98 Å². The highest BCUT2D eigenvalue weighted by atomic mass is 16.4. The van der Waals surface area contributed by atoms with Crippen LogP contribution in [0.2, 0.25) is 0 Å². The summed E-state index contributed by atoms with van der Waals surface area (Å²) in [5.41, 5.74) is 4.49. The van der Waals surface area contributed by atoms with Crippen molar-refractivity contribution in [2.45, 2.75) is 0 Å². The van der Waals surface area contributed by atoms with Crippen LogP contribution in [0.15, 0.2) is 72.9 Å². The number of pyridine rings is 1. The molecule has 0 radical (unpaired) electrons. The van der Waals surface area contributed by atoms with Crippen molar-refractivity contribution in [3.63, 3.8) is 0 Å². The minimum atomic E-state index is -1.55. The van der Waals surface area contributed by atoms with Gasteiger partial charge >= 0.3 is 7.12 Å². The minimum absolute atomic E-state index is 0.250. The molecule has 0 aliphatic rings. The summed E-state index contributed by atoms with van der Waals surface area (Å²) in [6, 6.07) is 21.9. The maximum atomic E-state index is 9.18. The molecule has 0 aliphatic carbocycles. The van der Waals surface area contributed by atoms with Crippen molar-refractivity contribution in [3.05, 3.63) is 72.9 Å². The van der Waals surface area contributed by atoms with Gasteiger partial charge in [-0.25, -0.2) is 0 Å². The van der Waals surface area contributed by atoms with E-state index in [2.05, 4.69) is 29.2 Å². The van der Waals surface area contributed by atoms with Crippen LogP contribution in [0.4, 0.5) is 0 Å². The van der Waals surface area contributed by atoms with E-state index < -0.39 is 7.12 Å². The zero-order chi connectivity index (χ0) is 14.7. The largest absolute Gasteiger partial charge is 0.508 e. The van der Waals surface area contributed by atoms with Crippen LogP contribution in [-0.2, 0) is 0 Å². The molecule has 0 saturated carbocycles. The van der Waals surface area contributed by atoms with Gasteiger partial charge in [-0.05, 0) is 34.4 Å². The number of benzene rings is 2. The lowest BCUT2D eigenvalue weighted by molar-refractivity contribution is 0.424. The van der Waals surface area contributed by atoms with Crippen LogP contribution in [0.5, 0.6) is 0 Å². The summed E-state index contributed by atoms with van der Waals surface area (Å²) in [7, 11) is -1.55. The molecule has 21 heavy (non-hydrogen) atoms. The second kappa shape index (κ2) is 5.91. The maximum absolute atomic E-state index is 9.18. The summed E-state index contributed by atoms with van der Waals surface area (Å²) in [5, 5.41) is 18.4. The first-order valence-electron chi connectivity index (χ1n) is 6.72. The van der Waals surface area contributed by atoms with Crippen molar-refractivity contribution in [3.8, 4) is 22.3 Å². The highest BCUT2D eigenvalue weighted by Gasteiger charge is 2.13. The standard InChI is InChI=1S/C17H14BNO2/c20-18(21)17-12-16(10-11-19-17)15-8-6-14(7-9-15)13-4-2-1-3-5-13/h1-12,20-21H. The van der Waals surface area contributed by atoms with Crippen LogP contribution in [0.3, 0.4) is 0 Å². The molecule has 3 rings (SSSR count). The van der Waals surface area contributed by atoms with Crippen LogP contribution in [0, 0.1) is 0 Å². The molecule has 0 atom stereocenters. The Kier molecular flexibility index (Phi) is 3.82. The number of aromatic nitrogens is 1. The van der Waals surface area contributed by atoms with E-state index in [1.165, 1.54) is 5.56 Å². The zero-order valence-electron chi connectivity index (χ0n) is 11.3. The van der Waals surface area contributed by atoms with E-state index in [-0.39, 0.29) is 5.59 Å². The zero-order valence-corrected chi connectivity index (χ0v) is 11.3. The molecule has 0 aliphatic heterocycles. The molecule has 0 spiro atoms. The molecule has 0 saturated heterocycles. The fourth-order valence-electron chi connectivity index (χ4n) is 2.25. The van der Waals surface area contributed by atoms with Crippen molar-refractivity contribution >= 4 is 12.7 Å². The van der Waals surface area contributed by atoms with Crippen LogP contribution >= 0.6 is 0 Å². The first kappa shape index (κ1) is 13.6. The summed E-state index contributed by atoms with van der Waals surface area (Å²) < 4.78 is 0. The molecular formula is C17H14BNO2. The summed E-state index contributed by atoms with van der Waals surface area (Å²) >= 11 is 0. The fourth-order valence-corrected chi connectivity index (χ4v) is 2.25. The molecule has 0 fully saturated rings. The molecule has 1 heterocycles. The van der Waals surface area contributed by atoms with Crippen LogP contribution in [-0.4, -0.2) is 22.2 Å². The quantitative estimate of drug-likeness (QED) is 0.720. The Bertz CT molecular complexity index is 727. The SMILES string of the molecule is OB(O)c1cc(-c2ccc(-c3ccccc3)cc2)ccn1. The summed E-state index contributed by atoms with van der Waals surface area (Å²) in [6.45, 7) is 0. The Hall–Kier alpha value is -2.43. The van der Waals surface area contributed by atoms with Gasteiger partial charge in [-0.2, -0.15) is 0 Å². The summed E-state index contributed by atoms with van der Waals surface area (Å²) in [4.78, 5) is 3.93. The fraction of sp³-hybridized carbons (Fsp3) is 0. The highest BCUT2D eigenvalue weighted by molar-refractivity contribution is 6.57. The first-order valence-corrected chi connectivity index (χ1v) is 6.72. The average molecular weight is 275 g/mol. The third-order valence-electron chi connectivity index (χ3n) is 3.37. The molecule has 3 nitrogen and oxygen atoms in total. The van der Waals surface area contributed by atoms with E-state index in [0.717, 1.165) is 16.7 Å². The van der Waals surface area contributed by atoms with Gasteiger partial charge in [-0.15, -0.1) is 0 Å². The lowest BCUT2D eigenvalue weighted by atomic mass is 9.84. The predicted molar refractivity (Wildman–Crippen MR) is 84.9 cm³/mol. The van der Waals surface area contributed by atoms with Gasteiger partial charge in [0.05, 0.1) is 5.59 Å². The molecule has 0 unspecified atom stereocenters. The molecule has 0 bridgehead atoms. The monoisotopic (exact) mass is 275 g/mol. The van der Waals surface area contributed by atoms with E-state index in [1.807, 2.05) is 36.4 Å². The second-order valence-corrected chi connectivity index (χ2v) is 4.79. The normalized spacial score (nSPS) is 10.4. The molecule has 4 heteroatoms. The van der Waals surface area contributed by atoms with Gasteiger partial charge in [0.15, 0.2) is 0 Å². The van der Waals surface area contributed by atoms with Gasteiger partial charge in [-0.1, -0.05) is 54.6 Å². The third kappa shape index (κ3) is 3.02. The number of nitrogens with zero attached hydrogens (tertiary/aromatic N) is 1. The van der Waals surface area contributed by atoms with E-state index in [1.54, 1.807) is 12.3 Å². The van der Waals surface area contributed by atoms with Gasteiger partial charge in [0.25, 0.3) is 0 Å². The smallest absolute Gasteiger partial charge is 0.422 e. The van der Waals surface area contributed by atoms with Crippen molar-refractivity contribution < 1.29 is 10.0 Å². The molecule has 102 valence electrons. The first-order chi connectivity index (χ1) is 10.2. The molecule has 3 aromatic rings. The predicted octanol–water partition coefficient (Wildman–Crippen LogP) is 2.10. The molecular weight excluding hydrogens is 261 g/mol. The van der Waals surface area contributed by atoms with E-state index >= 15 is 0 Å². The lowest BCUT2D eigenvalue weighted by Gasteiger charge is -2.06. The van der Waals surface area contributed by atoms with Gasteiger partial charge in [0.1, 0.15) is 0 Å². The Morgan fingerprint density at radius 1 is 0.667 bits per heavy atom. The third-order valence-corrected chi connectivity index (χ3v) is 3.37. The van der Waals surface area contributed by atoms with Gasteiger partial charge in [0.2, 0.25) is 0 Å². The molecule has 0 amide bonds. The second-order valence-electron chi connectivity index (χ2n) is 4.79. The topological polar surface area (TPSA) is 53.4 Å². The van der Waals surface area contributed by atoms with Crippen molar-refractivity contribution in [2.24, 2.45) is 0 Å². The van der Waals surface area contributed by atoms with E-state index in [4.69, 9.17) is 0 Å². The number of hydrogen-bond acceptors (Lipinski definition) is 3. The molecule has 2 aromatic carbocycles. The van der Waals surface area contributed by atoms with Crippen LogP contribution in [0.1, 0.15) is 0 Å². The Morgan fingerprint density at radius 3 is 1.86 bits per heavy atom. The number of rotatable bonds is 3. The van der Waals surface area contributed by atoms with Crippen molar-refractivity contribution in [2.75, 3.05) is 0 Å². The van der Waals surface area contributed by atoms with Gasteiger partial charge in [-0.3, -0.25) is 4.98 Å². The Balaban J connectivity index is 1.93. The summed E-state index contributed by atoms with van der Waals surface area (Å²) in [5.74, 6) is 0.